The Morgan fingerprint density at radius 1 is 0.923 bits per heavy atom. The number of cyclic esters (lactones) is 1. The molecule has 5 rings (SSSR count). The highest BCUT2D eigenvalue weighted by atomic mass is 16.6. The number of rotatable bonds is 9. The molecule has 3 aromatic carbocycles. The van der Waals surface area contributed by atoms with Gasteiger partial charge in [0.15, 0.2) is 5.78 Å². The lowest BCUT2D eigenvalue weighted by molar-refractivity contribution is -0.136. The molecular formula is C32H36N2O5. The van der Waals surface area contributed by atoms with Crippen LogP contribution in [0.3, 0.4) is 0 Å². The summed E-state index contributed by atoms with van der Waals surface area (Å²) >= 11 is 0. The molecule has 39 heavy (non-hydrogen) atoms. The van der Waals surface area contributed by atoms with E-state index in [9.17, 15) is 14.4 Å². The lowest BCUT2D eigenvalue weighted by Crippen LogP contribution is -2.55. The average Bonchev–Trinajstić information content (AvgIpc) is 3.32. The smallest absolute Gasteiger partial charge is 0.411 e. The van der Waals surface area contributed by atoms with Crippen molar-refractivity contribution in [2.24, 2.45) is 0 Å². The Morgan fingerprint density at radius 2 is 1.62 bits per heavy atom. The van der Waals surface area contributed by atoms with Gasteiger partial charge in [0, 0.05) is 38.8 Å². The van der Waals surface area contributed by atoms with E-state index in [0.717, 1.165) is 29.5 Å². The molecule has 2 amide bonds. The first-order chi connectivity index (χ1) is 18.8. The minimum Gasteiger partial charge on any atom is -0.490 e. The second-order valence-corrected chi connectivity index (χ2v) is 11.0. The predicted octanol–water partition coefficient (Wildman–Crippen LogP) is 5.40. The molecular weight excluding hydrogens is 492 g/mol. The van der Waals surface area contributed by atoms with Gasteiger partial charge in [0.1, 0.15) is 18.5 Å². The summed E-state index contributed by atoms with van der Waals surface area (Å²) in [6.45, 7) is 4.96. The molecule has 0 aromatic heterocycles. The Kier molecular flexibility index (Phi) is 7.87. The molecule has 7 heteroatoms. The van der Waals surface area contributed by atoms with E-state index >= 15 is 0 Å². The molecule has 1 unspecified atom stereocenters. The highest BCUT2D eigenvalue weighted by Gasteiger charge is 2.46. The van der Waals surface area contributed by atoms with Crippen molar-refractivity contribution in [1.29, 1.82) is 0 Å². The van der Waals surface area contributed by atoms with Gasteiger partial charge < -0.3 is 14.4 Å². The van der Waals surface area contributed by atoms with E-state index in [4.69, 9.17) is 9.47 Å². The van der Waals surface area contributed by atoms with Crippen LogP contribution in [0.15, 0.2) is 72.8 Å². The number of amides is 2. The molecule has 204 valence electrons. The maximum absolute atomic E-state index is 13.3. The third kappa shape index (κ3) is 6.08. The molecule has 7 nitrogen and oxygen atoms in total. The van der Waals surface area contributed by atoms with Crippen LogP contribution in [-0.2, 0) is 20.7 Å². The largest absolute Gasteiger partial charge is 0.490 e. The number of ketones is 1. The summed E-state index contributed by atoms with van der Waals surface area (Å²) in [7, 11) is 0. The number of carbonyl (C=O) groups excluding carboxylic acids is 3. The van der Waals surface area contributed by atoms with E-state index < -0.39 is 11.6 Å². The number of likely N-dealkylation sites (tertiary alicyclic amines) is 1. The van der Waals surface area contributed by atoms with Crippen molar-refractivity contribution in [2.75, 3.05) is 19.7 Å². The fourth-order valence-corrected chi connectivity index (χ4v) is 5.66. The molecule has 0 spiro atoms. The Hall–Kier alpha value is -3.87. The van der Waals surface area contributed by atoms with Crippen LogP contribution in [0.25, 0.3) is 10.8 Å². The molecule has 2 heterocycles. The second kappa shape index (κ2) is 11.5. The van der Waals surface area contributed by atoms with Crippen molar-refractivity contribution < 1.29 is 23.9 Å². The van der Waals surface area contributed by atoms with Gasteiger partial charge in [0.05, 0.1) is 11.6 Å². The van der Waals surface area contributed by atoms with E-state index in [1.807, 2.05) is 53.4 Å². The first-order valence-electron chi connectivity index (χ1n) is 13.8. The van der Waals surface area contributed by atoms with Gasteiger partial charge in [-0.1, -0.05) is 60.7 Å². The maximum atomic E-state index is 13.3. The summed E-state index contributed by atoms with van der Waals surface area (Å²) in [5.74, 6) is 0.674. The molecule has 2 aliphatic rings. The maximum Gasteiger partial charge on any atom is 0.411 e. The normalized spacial score (nSPS) is 18.3. The Bertz CT molecular complexity index is 1330. The molecule has 2 saturated heterocycles. The predicted molar refractivity (Wildman–Crippen MR) is 150 cm³/mol. The van der Waals surface area contributed by atoms with Crippen LogP contribution >= 0.6 is 0 Å². The van der Waals surface area contributed by atoms with Gasteiger partial charge in [-0.2, -0.15) is 0 Å². The van der Waals surface area contributed by atoms with E-state index in [0.29, 0.717) is 19.5 Å². The summed E-state index contributed by atoms with van der Waals surface area (Å²) < 4.78 is 11.5. The molecule has 0 aliphatic carbocycles. The van der Waals surface area contributed by atoms with Crippen LogP contribution in [0.5, 0.6) is 5.75 Å². The first-order valence-corrected chi connectivity index (χ1v) is 13.8. The lowest BCUT2D eigenvalue weighted by Gasteiger charge is -2.36. The van der Waals surface area contributed by atoms with Crippen LogP contribution in [-0.4, -0.2) is 65.0 Å². The van der Waals surface area contributed by atoms with E-state index in [-0.39, 0.29) is 43.3 Å². The van der Waals surface area contributed by atoms with Crippen LogP contribution in [0.4, 0.5) is 4.79 Å². The third-order valence-corrected chi connectivity index (χ3v) is 7.94. The van der Waals surface area contributed by atoms with Crippen molar-refractivity contribution in [2.45, 2.75) is 63.6 Å². The highest BCUT2D eigenvalue weighted by Crippen LogP contribution is 2.29. The minimum absolute atomic E-state index is 0.0341. The summed E-state index contributed by atoms with van der Waals surface area (Å²) in [4.78, 5) is 42.2. The Labute approximate surface area is 229 Å². The number of carbonyl (C=O) groups is 3. The number of Topliss-reactive ketones (excluding diaryl/α,β-unsaturated/α-hetero) is 1. The zero-order valence-electron chi connectivity index (χ0n) is 22.7. The summed E-state index contributed by atoms with van der Waals surface area (Å²) in [5.41, 5.74) is 0.0193. The monoisotopic (exact) mass is 528 g/mol. The molecule has 0 saturated carbocycles. The zero-order valence-corrected chi connectivity index (χ0v) is 22.7. The number of ether oxygens (including phenoxy) is 2. The van der Waals surface area contributed by atoms with Gasteiger partial charge in [-0.05, 0) is 48.7 Å². The molecule has 0 radical (unpaired) electrons. The third-order valence-electron chi connectivity index (χ3n) is 7.94. The summed E-state index contributed by atoms with van der Waals surface area (Å²) in [6.07, 6.45) is 1.90. The number of piperidine rings is 1. The van der Waals surface area contributed by atoms with Crippen molar-refractivity contribution in [3.63, 3.8) is 0 Å². The van der Waals surface area contributed by atoms with Crippen molar-refractivity contribution in [3.05, 3.63) is 78.4 Å². The minimum atomic E-state index is -1.06. The number of hydrogen-bond donors (Lipinski definition) is 0. The van der Waals surface area contributed by atoms with Gasteiger partial charge in [0.25, 0.3) is 0 Å². The standard InChI is InChI=1S/C32H36N2O5/c1-32(2,34-26(22-38-31(34)37)20-23-8-4-3-5-9-23)29(35)14-15-30(36)33-18-16-27(17-19-33)39-28-13-12-24-10-6-7-11-25(24)21-28/h3-13,21,26-27H,14-20,22H2,1-2H3. The Morgan fingerprint density at radius 3 is 2.36 bits per heavy atom. The molecule has 2 fully saturated rings. The second-order valence-electron chi connectivity index (χ2n) is 11.0. The molecule has 0 bridgehead atoms. The first kappa shape index (κ1) is 26.7. The van der Waals surface area contributed by atoms with Crippen molar-refractivity contribution in [3.8, 4) is 5.75 Å². The lowest BCUT2D eigenvalue weighted by atomic mass is 9.91. The number of hydrogen-bond acceptors (Lipinski definition) is 5. The molecule has 0 N–H and O–H groups in total. The van der Waals surface area contributed by atoms with E-state index in [1.54, 1.807) is 18.7 Å². The van der Waals surface area contributed by atoms with Crippen LogP contribution < -0.4 is 4.74 Å². The topological polar surface area (TPSA) is 76.2 Å². The van der Waals surface area contributed by atoms with Crippen molar-refractivity contribution >= 4 is 28.6 Å². The quantitative estimate of drug-likeness (QED) is 0.372. The zero-order chi connectivity index (χ0) is 27.4. The van der Waals surface area contributed by atoms with E-state index in [2.05, 4.69) is 24.3 Å². The number of fused-ring (bicyclic) bond motifs is 1. The van der Waals surface area contributed by atoms with Crippen LogP contribution in [0.2, 0.25) is 0 Å². The fraction of sp³-hybridized carbons (Fsp3) is 0.406. The molecule has 2 aliphatic heterocycles. The molecule has 3 aromatic rings. The SMILES string of the molecule is CC(C)(C(=O)CCC(=O)N1CCC(Oc2ccc3ccccc3c2)CC1)N1C(=O)OCC1Cc1ccccc1. The summed E-state index contributed by atoms with van der Waals surface area (Å²) in [5, 5.41) is 2.32. The Balaban J connectivity index is 1.11. The van der Waals surface area contributed by atoms with E-state index in [1.165, 1.54) is 5.39 Å². The fourth-order valence-electron chi connectivity index (χ4n) is 5.66. The average molecular weight is 529 g/mol. The van der Waals surface area contributed by atoms with Crippen molar-refractivity contribution in [1.82, 2.24) is 9.80 Å². The highest BCUT2D eigenvalue weighted by molar-refractivity contribution is 5.93. The molecule has 1 atom stereocenters. The van der Waals surface area contributed by atoms with Gasteiger partial charge in [-0.3, -0.25) is 14.5 Å². The van der Waals surface area contributed by atoms with Gasteiger partial charge >= 0.3 is 6.09 Å². The van der Waals surface area contributed by atoms with Gasteiger partial charge in [0.2, 0.25) is 5.91 Å². The van der Waals surface area contributed by atoms with Crippen LogP contribution in [0.1, 0.15) is 45.1 Å². The van der Waals surface area contributed by atoms with Crippen LogP contribution in [0, 0.1) is 0 Å². The van der Waals surface area contributed by atoms with Gasteiger partial charge in [-0.25, -0.2) is 4.79 Å². The van der Waals surface area contributed by atoms with Gasteiger partial charge in [-0.15, -0.1) is 0 Å². The summed E-state index contributed by atoms with van der Waals surface area (Å²) in [6, 6.07) is 23.9. The number of benzene rings is 3. The number of nitrogens with zero attached hydrogens (tertiary/aromatic N) is 2.